The van der Waals surface area contributed by atoms with E-state index in [1.807, 2.05) is 0 Å². The van der Waals surface area contributed by atoms with Crippen molar-refractivity contribution >= 4 is 0 Å². The molecule has 0 aromatic rings. The Morgan fingerprint density at radius 1 is 1.07 bits per heavy atom. The van der Waals surface area contributed by atoms with E-state index < -0.39 is 0 Å². The number of aliphatic hydroxyl groups is 2. The highest BCUT2D eigenvalue weighted by atomic mass is 16.3. The molecule has 0 amide bonds. The molecule has 2 nitrogen and oxygen atoms in total. The molecule has 0 radical (unpaired) electrons. The lowest BCUT2D eigenvalue weighted by Crippen LogP contribution is -2.54. The molecule has 5 aliphatic rings. The van der Waals surface area contributed by atoms with Crippen LogP contribution in [0.2, 0.25) is 0 Å². The van der Waals surface area contributed by atoms with Crippen molar-refractivity contribution in [2.24, 2.45) is 52.3 Å². The van der Waals surface area contributed by atoms with Crippen molar-refractivity contribution in [2.75, 3.05) is 6.61 Å². The van der Waals surface area contributed by atoms with Crippen LogP contribution in [0.15, 0.2) is 23.3 Å². The van der Waals surface area contributed by atoms with E-state index in [-0.39, 0.29) is 6.10 Å². The molecule has 2 N–H and O–H groups in total. The zero-order valence-electron chi connectivity index (χ0n) is 19.0. The van der Waals surface area contributed by atoms with Crippen LogP contribution in [0.1, 0.15) is 79.1 Å². The van der Waals surface area contributed by atoms with Gasteiger partial charge in [0.05, 0.1) is 6.10 Å². The lowest BCUT2D eigenvalue weighted by Gasteiger charge is -2.60. The second-order valence-corrected chi connectivity index (χ2v) is 12.4. The Balaban J connectivity index is 1.56. The van der Waals surface area contributed by atoms with Crippen LogP contribution in [0, 0.1) is 52.3 Å². The molecule has 0 spiro atoms. The fourth-order valence-electron chi connectivity index (χ4n) is 8.94. The van der Waals surface area contributed by atoms with Crippen LogP contribution in [0.4, 0.5) is 0 Å². The maximum Gasteiger partial charge on any atom is 0.0637 e. The summed E-state index contributed by atoms with van der Waals surface area (Å²) in [6, 6.07) is 0. The van der Waals surface area contributed by atoms with Crippen molar-refractivity contribution in [1.29, 1.82) is 0 Å². The zero-order chi connectivity index (χ0) is 20.6. The maximum absolute atomic E-state index is 11.4. The number of rotatable bonds is 1. The van der Waals surface area contributed by atoms with Crippen molar-refractivity contribution < 1.29 is 10.2 Å². The highest BCUT2D eigenvalue weighted by Gasteiger charge is 2.56. The molecule has 0 aliphatic heterocycles. The smallest absolute Gasteiger partial charge is 0.0637 e. The van der Waals surface area contributed by atoms with Crippen LogP contribution in [0.3, 0.4) is 0 Å². The summed E-state index contributed by atoms with van der Waals surface area (Å²) >= 11 is 0. The number of hydrogen-bond acceptors (Lipinski definition) is 2. The summed E-state index contributed by atoms with van der Waals surface area (Å²) in [6.07, 6.45) is 14.9. The van der Waals surface area contributed by atoms with Crippen LogP contribution in [-0.4, -0.2) is 22.9 Å². The molecule has 29 heavy (non-hydrogen) atoms. The van der Waals surface area contributed by atoms with Crippen molar-refractivity contribution in [2.45, 2.75) is 85.2 Å². The average molecular weight is 399 g/mol. The van der Waals surface area contributed by atoms with Crippen molar-refractivity contribution in [3.8, 4) is 0 Å². The Kier molecular flexibility index (Phi) is 4.87. The third-order valence-electron chi connectivity index (χ3n) is 10.4. The van der Waals surface area contributed by atoms with Crippen LogP contribution >= 0.6 is 0 Å². The number of allylic oxidation sites excluding steroid dienone is 3. The maximum atomic E-state index is 11.4. The van der Waals surface area contributed by atoms with Crippen molar-refractivity contribution in [1.82, 2.24) is 0 Å². The molecule has 9 atom stereocenters. The lowest BCUT2D eigenvalue weighted by atomic mass is 9.45. The number of fused-ring (bicyclic) bond motifs is 6. The summed E-state index contributed by atoms with van der Waals surface area (Å²) in [5.74, 6) is 3.77. The van der Waals surface area contributed by atoms with Gasteiger partial charge in [-0.2, -0.15) is 0 Å². The van der Waals surface area contributed by atoms with Gasteiger partial charge in [0.25, 0.3) is 0 Å². The fraction of sp³-hybridized carbons (Fsp3) is 0.852. The van der Waals surface area contributed by atoms with Gasteiger partial charge >= 0.3 is 0 Å². The van der Waals surface area contributed by atoms with E-state index in [1.54, 1.807) is 11.1 Å². The van der Waals surface area contributed by atoms with Crippen LogP contribution in [-0.2, 0) is 0 Å². The summed E-state index contributed by atoms with van der Waals surface area (Å²) in [4.78, 5) is 0. The van der Waals surface area contributed by atoms with E-state index >= 15 is 0 Å². The van der Waals surface area contributed by atoms with E-state index in [1.165, 1.54) is 44.9 Å². The minimum Gasteiger partial charge on any atom is -0.396 e. The molecule has 0 aromatic heterocycles. The molecule has 3 fully saturated rings. The van der Waals surface area contributed by atoms with Gasteiger partial charge in [-0.25, -0.2) is 0 Å². The first-order chi connectivity index (χ1) is 13.8. The Labute approximate surface area is 177 Å². The average Bonchev–Trinajstić information content (AvgIpc) is 2.69. The molecule has 3 saturated carbocycles. The predicted octanol–water partition coefficient (Wildman–Crippen LogP) is 5.75. The van der Waals surface area contributed by atoms with Gasteiger partial charge in [0, 0.05) is 12.5 Å². The third-order valence-corrected chi connectivity index (χ3v) is 10.4. The van der Waals surface area contributed by atoms with Crippen LogP contribution < -0.4 is 0 Å². The first kappa shape index (κ1) is 20.3. The normalized spacial score (nSPS) is 51.0. The summed E-state index contributed by atoms with van der Waals surface area (Å²) in [7, 11) is 0. The van der Waals surface area contributed by atoms with Gasteiger partial charge in [-0.1, -0.05) is 51.8 Å². The molecule has 4 unspecified atom stereocenters. The highest BCUT2D eigenvalue weighted by molar-refractivity contribution is 5.40. The van der Waals surface area contributed by atoms with E-state index in [9.17, 15) is 10.2 Å². The largest absolute Gasteiger partial charge is 0.396 e. The molecular formula is C27H42O2. The molecule has 0 aromatic carbocycles. The number of aliphatic hydroxyl groups excluding tert-OH is 2. The molecular weight excluding hydrogens is 356 g/mol. The summed E-state index contributed by atoms with van der Waals surface area (Å²) in [5, 5.41) is 21.4. The molecule has 0 saturated heterocycles. The van der Waals surface area contributed by atoms with Gasteiger partial charge in [-0.05, 0) is 96.9 Å². The first-order valence-corrected chi connectivity index (χ1v) is 12.5. The zero-order valence-corrected chi connectivity index (χ0v) is 19.0. The van der Waals surface area contributed by atoms with E-state index in [0.717, 1.165) is 6.42 Å². The molecule has 2 heteroatoms. The van der Waals surface area contributed by atoms with Gasteiger partial charge < -0.3 is 10.2 Å². The molecule has 5 rings (SSSR count). The Morgan fingerprint density at radius 2 is 1.86 bits per heavy atom. The fourth-order valence-corrected chi connectivity index (χ4v) is 8.94. The van der Waals surface area contributed by atoms with Gasteiger partial charge in [0.15, 0.2) is 0 Å². The standard InChI is InChI=1S/C27H42O2/c1-16-24-18(21-14-26(2,3)13-11-19(21)25(16)29)7-10-23-20(24)8-9-22-17(15-28)6-5-12-27(22,23)4/h7,10,16-17,19-20,22-25,28-29H,5-6,8-9,11-15H2,1-4H3/t16-,17+,19?,20?,22?,23+,24?,25-,27+/m1/s1. The number of hydrogen-bond donors (Lipinski definition) is 2. The SMILES string of the molecule is C[C@@H]1C2C(=C3CC(C)(C)CCC3[C@@H]1O)C=C[C@H]1C2CCC2[C@H](CO)CCC[C@@]21C. The van der Waals surface area contributed by atoms with Crippen LogP contribution in [0.25, 0.3) is 0 Å². The lowest BCUT2D eigenvalue weighted by molar-refractivity contribution is -0.0875. The van der Waals surface area contributed by atoms with Gasteiger partial charge in [-0.3, -0.25) is 0 Å². The quantitative estimate of drug-likeness (QED) is 0.591. The van der Waals surface area contributed by atoms with E-state index in [2.05, 4.69) is 39.8 Å². The topological polar surface area (TPSA) is 40.5 Å². The van der Waals surface area contributed by atoms with Gasteiger partial charge in [-0.15, -0.1) is 0 Å². The second kappa shape index (κ2) is 6.95. The molecule has 0 bridgehead atoms. The summed E-state index contributed by atoms with van der Waals surface area (Å²) < 4.78 is 0. The third kappa shape index (κ3) is 2.95. The minimum atomic E-state index is -0.163. The van der Waals surface area contributed by atoms with Gasteiger partial charge in [0.1, 0.15) is 0 Å². The Hall–Kier alpha value is -0.600. The van der Waals surface area contributed by atoms with Crippen molar-refractivity contribution in [3.05, 3.63) is 23.3 Å². The van der Waals surface area contributed by atoms with Crippen molar-refractivity contribution in [3.63, 3.8) is 0 Å². The molecule has 0 heterocycles. The molecule has 162 valence electrons. The Morgan fingerprint density at radius 3 is 2.62 bits per heavy atom. The minimum absolute atomic E-state index is 0.163. The molecule has 5 aliphatic carbocycles. The second-order valence-electron chi connectivity index (χ2n) is 12.4. The monoisotopic (exact) mass is 398 g/mol. The van der Waals surface area contributed by atoms with Crippen LogP contribution in [0.5, 0.6) is 0 Å². The van der Waals surface area contributed by atoms with E-state index in [0.29, 0.717) is 58.9 Å². The first-order valence-electron chi connectivity index (χ1n) is 12.5. The summed E-state index contributed by atoms with van der Waals surface area (Å²) in [6.45, 7) is 10.1. The van der Waals surface area contributed by atoms with Gasteiger partial charge in [0.2, 0.25) is 0 Å². The predicted molar refractivity (Wildman–Crippen MR) is 118 cm³/mol. The van der Waals surface area contributed by atoms with E-state index in [4.69, 9.17) is 0 Å². The Bertz CT molecular complexity index is 718. The highest BCUT2D eigenvalue weighted by Crippen LogP contribution is 2.63. The summed E-state index contributed by atoms with van der Waals surface area (Å²) in [5.41, 5.74) is 3.93.